The van der Waals surface area contributed by atoms with Crippen LogP contribution < -0.4 is 5.32 Å². The Morgan fingerprint density at radius 1 is 1.39 bits per heavy atom. The second-order valence-electron chi connectivity index (χ2n) is 4.67. The fourth-order valence-electron chi connectivity index (χ4n) is 2.11. The zero-order chi connectivity index (χ0) is 17.3. The number of rotatable bonds is 5. The van der Waals surface area contributed by atoms with Gasteiger partial charge >= 0.3 is 0 Å². The molecule has 1 aromatic rings. The molecule has 0 spiro atoms. The lowest BCUT2D eigenvalue weighted by molar-refractivity contribution is -0.386. The first-order valence-electron chi connectivity index (χ1n) is 6.36. The Morgan fingerprint density at radius 2 is 2.04 bits per heavy atom. The predicted octanol–water partition coefficient (Wildman–Crippen LogP) is 2.09. The van der Waals surface area contributed by atoms with Crippen molar-refractivity contribution in [1.82, 2.24) is 4.90 Å². The zero-order valence-electron chi connectivity index (χ0n) is 11.8. The molecule has 0 saturated heterocycles. The summed E-state index contributed by atoms with van der Waals surface area (Å²) in [6, 6.07) is 1.54. The molecule has 1 aliphatic rings. The SMILES string of the molecule is Cc1cc(Br)c(NC2=CC(=O)N(CCO)C2=O)c(Br)c1[N+](=O)[O-]. The van der Waals surface area contributed by atoms with E-state index in [1.807, 2.05) is 0 Å². The van der Waals surface area contributed by atoms with Crippen LogP contribution in [0.2, 0.25) is 0 Å². The van der Waals surface area contributed by atoms with Crippen molar-refractivity contribution in [1.29, 1.82) is 0 Å². The monoisotopic (exact) mass is 447 g/mol. The van der Waals surface area contributed by atoms with E-state index in [9.17, 15) is 19.7 Å². The molecule has 0 fully saturated rings. The predicted molar refractivity (Wildman–Crippen MR) is 88.7 cm³/mol. The van der Waals surface area contributed by atoms with E-state index in [0.29, 0.717) is 10.0 Å². The van der Waals surface area contributed by atoms with Gasteiger partial charge in [0.05, 0.1) is 23.8 Å². The molecule has 0 aromatic heterocycles. The molecule has 2 N–H and O–H groups in total. The van der Waals surface area contributed by atoms with Crippen LogP contribution in [0.1, 0.15) is 5.56 Å². The van der Waals surface area contributed by atoms with Gasteiger partial charge in [0.2, 0.25) is 0 Å². The quantitative estimate of drug-likeness (QED) is 0.405. The van der Waals surface area contributed by atoms with Crippen LogP contribution in [-0.4, -0.2) is 39.9 Å². The van der Waals surface area contributed by atoms with E-state index in [0.717, 1.165) is 11.0 Å². The van der Waals surface area contributed by atoms with Crippen molar-refractivity contribution in [2.45, 2.75) is 6.92 Å². The van der Waals surface area contributed by atoms with Gasteiger partial charge < -0.3 is 10.4 Å². The minimum atomic E-state index is -0.605. The molecule has 0 unspecified atom stereocenters. The summed E-state index contributed by atoms with van der Waals surface area (Å²) >= 11 is 6.44. The standard InChI is InChI=1S/C13H11Br2N3O5/c1-6-4-7(14)11(10(15)12(6)18(22)23)16-8-5-9(20)17(2-3-19)13(8)21/h4-5,16,19H,2-3H2,1H3. The van der Waals surface area contributed by atoms with Crippen molar-refractivity contribution < 1.29 is 19.6 Å². The Labute approximate surface area is 147 Å². The lowest BCUT2D eigenvalue weighted by atomic mass is 10.2. The minimum absolute atomic E-state index is 0.0250. The van der Waals surface area contributed by atoms with Gasteiger partial charge in [0.1, 0.15) is 10.2 Å². The lowest BCUT2D eigenvalue weighted by Crippen LogP contribution is -2.34. The molecule has 23 heavy (non-hydrogen) atoms. The average molecular weight is 449 g/mol. The number of nitro benzene ring substituents is 1. The van der Waals surface area contributed by atoms with Crippen LogP contribution >= 0.6 is 31.9 Å². The summed E-state index contributed by atoms with van der Waals surface area (Å²) in [6.07, 6.45) is 1.09. The summed E-state index contributed by atoms with van der Waals surface area (Å²) in [5.41, 5.74) is 0.535. The number of imide groups is 1. The number of nitrogens with zero attached hydrogens (tertiary/aromatic N) is 2. The first-order chi connectivity index (χ1) is 10.8. The van der Waals surface area contributed by atoms with Gasteiger partial charge in [0.25, 0.3) is 17.5 Å². The van der Waals surface area contributed by atoms with Gasteiger partial charge in [-0.25, -0.2) is 0 Å². The van der Waals surface area contributed by atoms with Crippen LogP contribution in [0.5, 0.6) is 0 Å². The van der Waals surface area contributed by atoms with Crippen LogP contribution in [0.3, 0.4) is 0 Å². The third-order valence-electron chi connectivity index (χ3n) is 3.16. The number of aliphatic hydroxyl groups excluding tert-OH is 1. The molecule has 1 heterocycles. The van der Waals surface area contributed by atoms with Crippen LogP contribution in [0.4, 0.5) is 11.4 Å². The highest BCUT2D eigenvalue weighted by Crippen LogP contribution is 2.41. The number of hydrogen-bond acceptors (Lipinski definition) is 6. The third-order valence-corrected chi connectivity index (χ3v) is 4.56. The number of carbonyl (C=O) groups is 2. The van der Waals surface area contributed by atoms with E-state index >= 15 is 0 Å². The van der Waals surface area contributed by atoms with Crippen molar-refractivity contribution >= 4 is 55.0 Å². The topological polar surface area (TPSA) is 113 Å². The Balaban J connectivity index is 2.40. The van der Waals surface area contributed by atoms with Gasteiger partial charge in [0, 0.05) is 16.1 Å². The molecular formula is C13H11Br2N3O5. The molecule has 2 amide bonds. The molecule has 0 bridgehead atoms. The van der Waals surface area contributed by atoms with Crippen molar-refractivity contribution in [3.63, 3.8) is 0 Å². The number of β-amino-alcohol motifs (C(OH)–C–C–N with tert-alkyl or cyclic N) is 1. The molecule has 1 aliphatic heterocycles. The number of halogens is 2. The van der Waals surface area contributed by atoms with Gasteiger partial charge in [-0.15, -0.1) is 0 Å². The van der Waals surface area contributed by atoms with E-state index in [-0.39, 0.29) is 34.7 Å². The molecule has 0 radical (unpaired) electrons. The lowest BCUT2D eigenvalue weighted by Gasteiger charge is -2.15. The highest BCUT2D eigenvalue weighted by molar-refractivity contribution is 9.11. The molecule has 0 aliphatic carbocycles. The van der Waals surface area contributed by atoms with Crippen LogP contribution in [0.25, 0.3) is 0 Å². The van der Waals surface area contributed by atoms with Gasteiger partial charge in [-0.05, 0) is 44.8 Å². The summed E-state index contributed by atoms with van der Waals surface area (Å²) in [6.45, 7) is 1.13. The van der Waals surface area contributed by atoms with E-state index < -0.39 is 16.7 Å². The Hall–Kier alpha value is -1.78. The summed E-state index contributed by atoms with van der Waals surface area (Å²) < 4.78 is 0.658. The number of nitrogens with one attached hydrogen (secondary N) is 1. The summed E-state index contributed by atoms with van der Waals surface area (Å²) in [7, 11) is 0. The Bertz CT molecular complexity index is 748. The first kappa shape index (κ1) is 17.6. The van der Waals surface area contributed by atoms with Crippen molar-refractivity contribution in [2.24, 2.45) is 0 Å². The van der Waals surface area contributed by atoms with Gasteiger partial charge in [-0.1, -0.05) is 0 Å². The highest BCUT2D eigenvalue weighted by Gasteiger charge is 2.32. The van der Waals surface area contributed by atoms with Gasteiger partial charge in [0.15, 0.2) is 0 Å². The van der Waals surface area contributed by atoms with Crippen molar-refractivity contribution in [3.05, 3.63) is 42.5 Å². The van der Waals surface area contributed by atoms with Gasteiger partial charge in [-0.3, -0.25) is 24.6 Å². The fraction of sp³-hybridized carbons (Fsp3) is 0.231. The summed E-state index contributed by atoms with van der Waals surface area (Å²) in [4.78, 5) is 35.3. The molecule has 8 nitrogen and oxygen atoms in total. The largest absolute Gasteiger partial charge is 0.395 e. The fourth-order valence-corrected chi connectivity index (χ4v) is 3.79. The number of nitro groups is 1. The first-order valence-corrected chi connectivity index (χ1v) is 7.95. The maximum atomic E-state index is 12.1. The van der Waals surface area contributed by atoms with E-state index in [2.05, 4.69) is 37.2 Å². The smallest absolute Gasteiger partial charge is 0.288 e. The molecule has 0 atom stereocenters. The average Bonchev–Trinajstić information content (AvgIpc) is 2.70. The number of amides is 2. The van der Waals surface area contributed by atoms with E-state index in [1.54, 1.807) is 13.0 Å². The van der Waals surface area contributed by atoms with Crippen LogP contribution in [0.15, 0.2) is 26.8 Å². The van der Waals surface area contributed by atoms with Crippen LogP contribution in [0, 0.1) is 17.0 Å². The maximum Gasteiger partial charge on any atom is 0.288 e. The second kappa shape index (κ2) is 6.77. The number of aryl methyl sites for hydroxylation is 1. The summed E-state index contributed by atoms with van der Waals surface area (Å²) in [5.74, 6) is -1.16. The maximum absolute atomic E-state index is 12.1. The minimum Gasteiger partial charge on any atom is -0.395 e. The van der Waals surface area contributed by atoms with Gasteiger partial charge in [-0.2, -0.15) is 0 Å². The molecule has 1 aromatic carbocycles. The highest BCUT2D eigenvalue weighted by atomic mass is 79.9. The van der Waals surface area contributed by atoms with Crippen molar-refractivity contribution in [2.75, 3.05) is 18.5 Å². The Morgan fingerprint density at radius 3 is 2.61 bits per heavy atom. The third kappa shape index (κ3) is 3.28. The Kier molecular flexibility index (Phi) is 5.17. The van der Waals surface area contributed by atoms with E-state index in [1.165, 1.54) is 0 Å². The number of carbonyl (C=O) groups excluding carboxylic acids is 2. The molecule has 0 saturated carbocycles. The van der Waals surface area contributed by atoms with Crippen LogP contribution in [-0.2, 0) is 9.59 Å². The molecule has 122 valence electrons. The number of aliphatic hydroxyl groups is 1. The van der Waals surface area contributed by atoms with Crippen molar-refractivity contribution in [3.8, 4) is 0 Å². The normalized spacial score (nSPS) is 14.3. The zero-order valence-corrected chi connectivity index (χ0v) is 15.0. The molecule has 2 rings (SSSR count). The molecular weight excluding hydrogens is 438 g/mol. The molecule has 10 heteroatoms. The van der Waals surface area contributed by atoms with E-state index in [4.69, 9.17) is 5.11 Å². The number of benzene rings is 1. The second-order valence-corrected chi connectivity index (χ2v) is 6.32. The number of anilines is 1. The summed E-state index contributed by atoms with van der Waals surface area (Å²) in [5, 5.41) is 22.8. The number of hydrogen-bond donors (Lipinski definition) is 2.